The topological polar surface area (TPSA) is 52.1 Å². The highest BCUT2D eigenvalue weighted by molar-refractivity contribution is 6.08. The number of hydrogen-bond acceptors (Lipinski definition) is 4. The minimum absolute atomic E-state index is 0.0141. The monoisotopic (exact) mass is 250 g/mol. The molecular weight excluding hydrogens is 242 g/mol. The number of ether oxygens (including phenoxy) is 1. The van der Waals surface area contributed by atoms with Crippen LogP contribution in [0.5, 0.6) is 6.01 Å². The smallest absolute Gasteiger partial charge is 0.316 e. The van der Waals surface area contributed by atoms with Gasteiger partial charge in [0.2, 0.25) is 5.78 Å². The molecule has 4 nitrogen and oxygen atoms in total. The van der Waals surface area contributed by atoms with Gasteiger partial charge in [-0.25, -0.2) is 18.7 Å². The van der Waals surface area contributed by atoms with Crippen LogP contribution in [-0.2, 0) is 0 Å². The first-order valence-corrected chi connectivity index (χ1v) is 4.98. The summed E-state index contributed by atoms with van der Waals surface area (Å²) in [5.74, 6) is -2.65. The molecule has 0 aliphatic rings. The lowest BCUT2D eigenvalue weighted by Gasteiger charge is -2.04. The Morgan fingerprint density at radius 2 is 1.72 bits per heavy atom. The molecule has 2 rings (SSSR count). The van der Waals surface area contributed by atoms with E-state index in [1.807, 2.05) is 0 Å². The van der Waals surface area contributed by atoms with Crippen molar-refractivity contribution < 1.29 is 18.3 Å². The van der Waals surface area contributed by atoms with E-state index in [2.05, 4.69) is 9.97 Å². The Balaban J connectivity index is 2.41. The number of rotatable bonds is 3. The fourth-order valence-corrected chi connectivity index (χ4v) is 1.40. The summed E-state index contributed by atoms with van der Waals surface area (Å²) >= 11 is 0. The normalized spacial score (nSPS) is 10.2. The van der Waals surface area contributed by atoms with Crippen molar-refractivity contribution >= 4 is 5.78 Å². The van der Waals surface area contributed by atoms with E-state index >= 15 is 0 Å². The van der Waals surface area contributed by atoms with Crippen LogP contribution in [0.15, 0.2) is 30.6 Å². The van der Waals surface area contributed by atoms with E-state index in [1.54, 1.807) is 0 Å². The van der Waals surface area contributed by atoms with Gasteiger partial charge in [0, 0.05) is 12.4 Å². The maximum atomic E-state index is 13.4. The molecule has 0 bridgehead atoms. The molecule has 0 radical (unpaired) electrons. The van der Waals surface area contributed by atoms with Crippen LogP contribution in [0, 0.1) is 11.6 Å². The quantitative estimate of drug-likeness (QED) is 0.782. The third-order valence-electron chi connectivity index (χ3n) is 2.26. The molecule has 0 unspecified atom stereocenters. The summed E-state index contributed by atoms with van der Waals surface area (Å²) in [6.07, 6.45) is 2.31. The largest absolute Gasteiger partial charge is 0.467 e. The van der Waals surface area contributed by atoms with Crippen molar-refractivity contribution in [1.82, 2.24) is 9.97 Å². The van der Waals surface area contributed by atoms with Crippen LogP contribution in [0.1, 0.15) is 15.9 Å². The van der Waals surface area contributed by atoms with Crippen LogP contribution in [0.25, 0.3) is 0 Å². The van der Waals surface area contributed by atoms with Crippen molar-refractivity contribution in [3.63, 3.8) is 0 Å². The molecular formula is C12H8F2N2O2. The zero-order valence-corrected chi connectivity index (χ0v) is 9.35. The first-order chi connectivity index (χ1) is 8.63. The molecule has 0 amide bonds. The number of halogens is 2. The average molecular weight is 250 g/mol. The van der Waals surface area contributed by atoms with Crippen molar-refractivity contribution in [2.45, 2.75) is 0 Å². The molecule has 0 aliphatic carbocycles. The highest BCUT2D eigenvalue weighted by Crippen LogP contribution is 2.16. The van der Waals surface area contributed by atoms with E-state index in [9.17, 15) is 13.6 Å². The number of ketones is 1. The highest BCUT2D eigenvalue weighted by Gasteiger charge is 2.19. The standard InChI is InChI=1S/C12H8F2N2O2/c1-18-12-15-5-7(6-16-12)11(17)10-8(13)3-2-4-9(10)14/h2-6H,1H3. The van der Waals surface area contributed by atoms with Gasteiger partial charge >= 0.3 is 6.01 Å². The van der Waals surface area contributed by atoms with Crippen molar-refractivity contribution in [3.8, 4) is 6.01 Å². The molecule has 1 aromatic heterocycles. The predicted molar refractivity (Wildman–Crippen MR) is 58.4 cm³/mol. The fourth-order valence-electron chi connectivity index (χ4n) is 1.40. The number of benzene rings is 1. The van der Waals surface area contributed by atoms with Crippen molar-refractivity contribution in [2.24, 2.45) is 0 Å². The Morgan fingerprint density at radius 1 is 1.17 bits per heavy atom. The van der Waals surface area contributed by atoms with Crippen LogP contribution >= 0.6 is 0 Å². The minimum Gasteiger partial charge on any atom is -0.467 e. The van der Waals surface area contributed by atoms with Gasteiger partial charge in [0.1, 0.15) is 11.6 Å². The van der Waals surface area contributed by atoms with E-state index in [0.29, 0.717) is 0 Å². The Bertz CT molecular complexity index is 565. The second kappa shape index (κ2) is 4.87. The lowest BCUT2D eigenvalue weighted by atomic mass is 10.1. The van der Waals surface area contributed by atoms with Gasteiger partial charge in [0.25, 0.3) is 0 Å². The molecule has 2 aromatic rings. The van der Waals surface area contributed by atoms with Crippen molar-refractivity contribution in [1.29, 1.82) is 0 Å². The van der Waals surface area contributed by atoms with Crippen LogP contribution < -0.4 is 4.74 Å². The predicted octanol–water partition coefficient (Wildman–Crippen LogP) is 1.99. The van der Waals surface area contributed by atoms with Gasteiger partial charge in [0.15, 0.2) is 0 Å². The van der Waals surface area contributed by atoms with Crippen LogP contribution in [0.4, 0.5) is 8.78 Å². The van der Waals surface area contributed by atoms with Crippen LogP contribution in [0.3, 0.4) is 0 Å². The number of aromatic nitrogens is 2. The lowest BCUT2D eigenvalue weighted by Crippen LogP contribution is -2.08. The summed E-state index contributed by atoms with van der Waals surface area (Å²) < 4.78 is 31.5. The molecule has 6 heteroatoms. The first kappa shape index (κ1) is 12.1. The highest BCUT2D eigenvalue weighted by atomic mass is 19.1. The molecule has 0 aliphatic heterocycles. The van der Waals surface area contributed by atoms with Gasteiger partial charge < -0.3 is 4.74 Å². The molecule has 0 spiro atoms. The lowest BCUT2D eigenvalue weighted by molar-refractivity contribution is 0.103. The summed E-state index contributed by atoms with van der Waals surface area (Å²) in [4.78, 5) is 19.3. The summed E-state index contributed by atoms with van der Waals surface area (Å²) in [5, 5.41) is 0. The molecule has 0 atom stereocenters. The molecule has 0 saturated carbocycles. The van der Waals surface area contributed by atoms with Crippen LogP contribution in [0.2, 0.25) is 0 Å². The third kappa shape index (κ3) is 2.17. The zero-order chi connectivity index (χ0) is 13.1. The van der Waals surface area contributed by atoms with E-state index in [-0.39, 0.29) is 11.6 Å². The van der Waals surface area contributed by atoms with Gasteiger partial charge in [-0.1, -0.05) is 6.07 Å². The maximum absolute atomic E-state index is 13.4. The van der Waals surface area contributed by atoms with Crippen LogP contribution in [-0.4, -0.2) is 22.9 Å². The van der Waals surface area contributed by atoms with E-state index < -0.39 is 23.0 Å². The Labute approximate surface area is 101 Å². The Hall–Kier alpha value is -2.37. The number of carbonyl (C=O) groups is 1. The SMILES string of the molecule is COc1ncc(C(=O)c2c(F)cccc2F)cn1. The van der Waals surface area contributed by atoms with Gasteiger partial charge in [-0.2, -0.15) is 0 Å². The van der Waals surface area contributed by atoms with Gasteiger partial charge in [-0.3, -0.25) is 4.79 Å². The maximum Gasteiger partial charge on any atom is 0.316 e. The molecule has 0 saturated heterocycles. The molecule has 92 valence electrons. The van der Waals surface area contributed by atoms with Crippen molar-refractivity contribution in [2.75, 3.05) is 7.11 Å². The molecule has 1 heterocycles. The van der Waals surface area contributed by atoms with E-state index in [1.165, 1.54) is 13.2 Å². The summed E-state index contributed by atoms with van der Waals surface area (Å²) in [6, 6.07) is 3.29. The summed E-state index contributed by atoms with van der Waals surface area (Å²) in [5.41, 5.74) is -0.633. The zero-order valence-electron chi connectivity index (χ0n) is 9.35. The number of nitrogens with zero attached hydrogens (tertiary/aromatic N) is 2. The molecule has 0 fully saturated rings. The number of hydrogen-bond donors (Lipinski definition) is 0. The van der Waals surface area contributed by atoms with E-state index in [4.69, 9.17) is 4.74 Å². The third-order valence-corrected chi connectivity index (χ3v) is 2.26. The Kier molecular flexibility index (Phi) is 3.27. The molecule has 1 aromatic carbocycles. The average Bonchev–Trinajstić information content (AvgIpc) is 2.38. The number of carbonyl (C=O) groups excluding carboxylic acids is 1. The summed E-state index contributed by atoms with van der Waals surface area (Å²) in [7, 11) is 1.37. The minimum atomic E-state index is -0.921. The Morgan fingerprint density at radius 3 is 2.22 bits per heavy atom. The molecule has 0 N–H and O–H groups in total. The second-order valence-corrected chi connectivity index (χ2v) is 3.38. The van der Waals surface area contributed by atoms with Gasteiger partial charge in [0.05, 0.1) is 18.2 Å². The second-order valence-electron chi connectivity index (χ2n) is 3.38. The molecule has 18 heavy (non-hydrogen) atoms. The van der Waals surface area contributed by atoms with Gasteiger partial charge in [-0.15, -0.1) is 0 Å². The van der Waals surface area contributed by atoms with E-state index in [0.717, 1.165) is 24.5 Å². The first-order valence-electron chi connectivity index (χ1n) is 4.98. The fraction of sp³-hybridized carbons (Fsp3) is 0.0833. The summed E-state index contributed by atoms with van der Waals surface area (Å²) in [6.45, 7) is 0. The van der Waals surface area contributed by atoms with Crippen molar-refractivity contribution in [3.05, 3.63) is 53.4 Å². The number of methoxy groups -OCH3 is 1. The van der Waals surface area contributed by atoms with Gasteiger partial charge in [-0.05, 0) is 12.1 Å².